The van der Waals surface area contributed by atoms with Crippen LogP contribution in [0.25, 0.3) is 0 Å². The van der Waals surface area contributed by atoms with Crippen molar-refractivity contribution in [3.63, 3.8) is 0 Å². The van der Waals surface area contributed by atoms with Crippen LogP contribution in [0.2, 0.25) is 0 Å². The predicted octanol–water partition coefficient (Wildman–Crippen LogP) is 2.79. The van der Waals surface area contributed by atoms with E-state index in [9.17, 15) is 8.42 Å². The number of aryl methyl sites for hydroxylation is 1. The molecule has 0 amide bonds. The molecule has 1 aromatic heterocycles. The highest BCUT2D eigenvalue weighted by atomic mass is 32.2. The molecule has 0 saturated carbocycles. The average Bonchev–Trinajstić information content (AvgIpc) is 2.78. The van der Waals surface area contributed by atoms with E-state index in [4.69, 9.17) is 0 Å². The molecule has 6 heteroatoms. The lowest BCUT2D eigenvalue weighted by molar-refractivity contribution is 0.584. The third-order valence-corrected chi connectivity index (χ3v) is 5.21. The van der Waals surface area contributed by atoms with Crippen molar-refractivity contribution in [2.45, 2.75) is 25.2 Å². The molecule has 0 fully saturated rings. The van der Waals surface area contributed by atoms with Crippen LogP contribution in [0.4, 0.5) is 5.13 Å². The Kier molecular flexibility index (Phi) is 3.52. The van der Waals surface area contributed by atoms with Crippen molar-refractivity contribution in [3.05, 3.63) is 46.5 Å². The van der Waals surface area contributed by atoms with E-state index in [1.165, 1.54) is 21.8 Å². The van der Waals surface area contributed by atoms with E-state index in [0.29, 0.717) is 11.0 Å². The van der Waals surface area contributed by atoms with Crippen LogP contribution in [0, 0.1) is 0 Å². The highest BCUT2D eigenvalue weighted by molar-refractivity contribution is 7.92. The monoisotopic (exact) mass is 308 g/mol. The molecular weight excluding hydrogens is 292 g/mol. The number of nitrogens with one attached hydrogen (secondary N) is 1. The number of hydrogen-bond acceptors (Lipinski definition) is 4. The molecule has 0 unspecified atom stereocenters. The van der Waals surface area contributed by atoms with E-state index in [-0.39, 0.29) is 0 Å². The maximum atomic E-state index is 11.3. The van der Waals surface area contributed by atoms with Gasteiger partial charge in [0.25, 0.3) is 0 Å². The van der Waals surface area contributed by atoms with Crippen LogP contribution in [0.1, 0.15) is 28.5 Å². The molecule has 2 aromatic rings. The summed E-state index contributed by atoms with van der Waals surface area (Å²) in [4.78, 5) is 5.60. The zero-order valence-corrected chi connectivity index (χ0v) is 12.8. The smallest absolute Gasteiger partial charge is 0.231 e. The highest BCUT2D eigenvalue weighted by Crippen LogP contribution is 2.36. The summed E-state index contributed by atoms with van der Waals surface area (Å²) in [5.74, 6) is 0.509. The number of thiazole rings is 1. The molecule has 0 aliphatic heterocycles. The lowest BCUT2D eigenvalue weighted by atomic mass is 9.85. The first-order valence-electron chi connectivity index (χ1n) is 6.52. The second-order valence-electron chi connectivity index (χ2n) is 5.11. The largest absolute Gasteiger partial charge is 0.259 e. The number of anilines is 1. The Balaban J connectivity index is 1.82. The second kappa shape index (κ2) is 5.18. The molecule has 106 valence electrons. The fraction of sp³-hybridized carbons (Fsp3) is 0.357. The van der Waals surface area contributed by atoms with Gasteiger partial charge in [-0.05, 0) is 30.7 Å². The first-order valence-corrected chi connectivity index (χ1v) is 9.23. The van der Waals surface area contributed by atoms with Crippen LogP contribution in [0.5, 0.6) is 0 Å². The molecule has 0 bridgehead atoms. The number of sulfonamides is 1. The SMILES string of the molecule is CS(=O)(=O)Nc1nc2c(s1)C[C@H](c1ccccc1)CC2. The van der Waals surface area contributed by atoms with Gasteiger partial charge in [-0.2, -0.15) is 0 Å². The fourth-order valence-corrected chi connectivity index (χ4v) is 4.51. The van der Waals surface area contributed by atoms with Crippen LogP contribution in [-0.4, -0.2) is 19.7 Å². The van der Waals surface area contributed by atoms with Gasteiger partial charge in [-0.25, -0.2) is 13.4 Å². The molecular formula is C14H16N2O2S2. The minimum Gasteiger partial charge on any atom is -0.259 e. The van der Waals surface area contributed by atoms with Gasteiger partial charge in [-0.1, -0.05) is 30.3 Å². The van der Waals surface area contributed by atoms with Gasteiger partial charge in [-0.3, -0.25) is 4.72 Å². The van der Waals surface area contributed by atoms with Crippen molar-refractivity contribution >= 4 is 26.5 Å². The minimum atomic E-state index is -3.24. The van der Waals surface area contributed by atoms with Crippen LogP contribution in [0.3, 0.4) is 0 Å². The van der Waals surface area contributed by atoms with Crippen molar-refractivity contribution < 1.29 is 8.42 Å². The molecule has 1 aliphatic rings. The number of nitrogens with zero attached hydrogens (tertiary/aromatic N) is 1. The zero-order valence-electron chi connectivity index (χ0n) is 11.2. The van der Waals surface area contributed by atoms with Gasteiger partial charge in [0, 0.05) is 4.88 Å². The van der Waals surface area contributed by atoms with Gasteiger partial charge in [0.2, 0.25) is 10.0 Å². The van der Waals surface area contributed by atoms with E-state index in [2.05, 4.69) is 34.0 Å². The third kappa shape index (κ3) is 3.02. The lowest BCUT2D eigenvalue weighted by Crippen LogP contribution is -2.11. The summed E-state index contributed by atoms with van der Waals surface area (Å²) in [6.07, 6.45) is 4.08. The summed E-state index contributed by atoms with van der Waals surface area (Å²) in [5.41, 5.74) is 2.40. The third-order valence-electron chi connectivity index (χ3n) is 3.48. The number of rotatable bonds is 3. The molecule has 1 N–H and O–H groups in total. The molecule has 1 heterocycles. The Labute approximate surface area is 122 Å². The van der Waals surface area contributed by atoms with Gasteiger partial charge in [0.1, 0.15) is 0 Å². The van der Waals surface area contributed by atoms with Crippen LogP contribution >= 0.6 is 11.3 Å². The Bertz CT molecular complexity index is 708. The van der Waals surface area contributed by atoms with E-state index >= 15 is 0 Å². The van der Waals surface area contributed by atoms with Gasteiger partial charge < -0.3 is 0 Å². The van der Waals surface area contributed by atoms with Gasteiger partial charge in [-0.15, -0.1) is 11.3 Å². The molecule has 4 nitrogen and oxygen atoms in total. The normalized spacial score (nSPS) is 18.6. The molecule has 0 spiro atoms. The van der Waals surface area contributed by atoms with Crippen LogP contribution in [-0.2, 0) is 22.9 Å². The lowest BCUT2D eigenvalue weighted by Gasteiger charge is -2.21. The topological polar surface area (TPSA) is 59.1 Å². The molecule has 3 rings (SSSR count). The number of aromatic nitrogens is 1. The van der Waals surface area contributed by atoms with Crippen molar-refractivity contribution in [1.82, 2.24) is 4.98 Å². The van der Waals surface area contributed by atoms with Crippen LogP contribution < -0.4 is 4.72 Å². The Morgan fingerprint density at radius 1 is 1.30 bits per heavy atom. The predicted molar refractivity (Wildman–Crippen MR) is 81.8 cm³/mol. The molecule has 1 aromatic carbocycles. The molecule has 0 saturated heterocycles. The Morgan fingerprint density at radius 2 is 2.05 bits per heavy atom. The Morgan fingerprint density at radius 3 is 2.75 bits per heavy atom. The summed E-state index contributed by atoms with van der Waals surface area (Å²) in [7, 11) is -3.24. The molecule has 1 aliphatic carbocycles. The van der Waals surface area contributed by atoms with Crippen molar-refractivity contribution in [3.8, 4) is 0 Å². The van der Waals surface area contributed by atoms with Gasteiger partial charge in [0.15, 0.2) is 5.13 Å². The number of fused-ring (bicyclic) bond motifs is 1. The maximum Gasteiger partial charge on any atom is 0.231 e. The zero-order chi connectivity index (χ0) is 14.2. The minimum absolute atomic E-state index is 0.492. The summed E-state index contributed by atoms with van der Waals surface area (Å²) >= 11 is 1.46. The molecule has 0 radical (unpaired) electrons. The van der Waals surface area contributed by atoms with Crippen molar-refractivity contribution in [2.75, 3.05) is 11.0 Å². The van der Waals surface area contributed by atoms with E-state index in [0.717, 1.165) is 31.2 Å². The van der Waals surface area contributed by atoms with E-state index < -0.39 is 10.0 Å². The van der Waals surface area contributed by atoms with Gasteiger partial charge >= 0.3 is 0 Å². The maximum absolute atomic E-state index is 11.3. The first-order chi connectivity index (χ1) is 9.51. The number of benzene rings is 1. The highest BCUT2D eigenvalue weighted by Gasteiger charge is 2.24. The van der Waals surface area contributed by atoms with Crippen molar-refractivity contribution in [2.24, 2.45) is 0 Å². The molecule has 1 atom stereocenters. The standard InChI is InChI=1S/C14H16N2O2S2/c1-20(17,18)16-14-15-12-8-7-11(9-13(12)19-14)10-5-3-2-4-6-10/h2-6,11H,7-9H2,1H3,(H,15,16)/t11-/m1/s1. The van der Waals surface area contributed by atoms with E-state index in [1.807, 2.05) is 6.07 Å². The summed E-state index contributed by atoms with van der Waals surface area (Å²) in [6, 6.07) is 10.5. The summed E-state index contributed by atoms with van der Waals surface area (Å²) in [5, 5.41) is 0.492. The van der Waals surface area contributed by atoms with E-state index in [1.54, 1.807) is 0 Å². The van der Waals surface area contributed by atoms with Crippen LogP contribution in [0.15, 0.2) is 30.3 Å². The summed E-state index contributed by atoms with van der Waals surface area (Å²) < 4.78 is 25.0. The fourth-order valence-electron chi connectivity index (χ4n) is 2.59. The molecule has 20 heavy (non-hydrogen) atoms. The number of hydrogen-bond donors (Lipinski definition) is 1. The quantitative estimate of drug-likeness (QED) is 0.948. The Hall–Kier alpha value is -1.40. The first kappa shape index (κ1) is 13.6. The van der Waals surface area contributed by atoms with Gasteiger partial charge in [0.05, 0.1) is 11.9 Å². The van der Waals surface area contributed by atoms with Crippen molar-refractivity contribution in [1.29, 1.82) is 0 Å². The average molecular weight is 308 g/mol. The summed E-state index contributed by atoms with van der Waals surface area (Å²) in [6.45, 7) is 0. The second-order valence-corrected chi connectivity index (χ2v) is 7.95.